The molecule has 1 aliphatic rings. The van der Waals surface area contributed by atoms with Crippen molar-refractivity contribution < 1.29 is 13.6 Å². The van der Waals surface area contributed by atoms with Gasteiger partial charge in [0.25, 0.3) is 11.8 Å². The van der Waals surface area contributed by atoms with Crippen LogP contribution in [0.15, 0.2) is 24.5 Å². The van der Waals surface area contributed by atoms with Gasteiger partial charge in [0, 0.05) is 37.9 Å². The average molecular weight is 309 g/mol. The number of carbonyl (C=O) groups excluding carboxylic acids is 1. The maximum absolute atomic E-state index is 13.7. The first-order chi connectivity index (χ1) is 10.5. The number of nitrogens with one attached hydrogen (secondary N) is 2. The van der Waals surface area contributed by atoms with E-state index >= 15 is 0 Å². The molecule has 1 fully saturated rings. The second-order valence-electron chi connectivity index (χ2n) is 5.47. The molecule has 1 aliphatic heterocycles. The van der Waals surface area contributed by atoms with Crippen molar-refractivity contribution in [2.24, 2.45) is 5.92 Å². The molecule has 1 unspecified atom stereocenters. The standard InChI is InChI=1S/C14H17F2N5O/c15-14(16)2-3-18-6-9(14)7-19-13(22)11-8-20-21-4-1-10(17)5-12(11)21/h1,4-5,8-9,18H,2-3,6-7,17H2,(H,19,22). The predicted molar refractivity (Wildman–Crippen MR) is 77.9 cm³/mol. The molecule has 8 heteroatoms. The van der Waals surface area contributed by atoms with Gasteiger partial charge >= 0.3 is 0 Å². The van der Waals surface area contributed by atoms with Gasteiger partial charge in [-0.15, -0.1) is 0 Å². The van der Waals surface area contributed by atoms with Crippen LogP contribution in [0.2, 0.25) is 0 Å². The van der Waals surface area contributed by atoms with E-state index in [1.54, 1.807) is 18.3 Å². The number of pyridine rings is 1. The highest BCUT2D eigenvalue weighted by atomic mass is 19.3. The van der Waals surface area contributed by atoms with E-state index in [1.807, 2.05) is 0 Å². The van der Waals surface area contributed by atoms with E-state index < -0.39 is 17.7 Å². The van der Waals surface area contributed by atoms with Crippen LogP contribution in [0.1, 0.15) is 16.8 Å². The topological polar surface area (TPSA) is 84.5 Å². The lowest BCUT2D eigenvalue weighted by atomic mass is 9.95. The summed E-state index contributed by atoms with van der Waals surface area (Å²) in [5.41, 5.74) is 7.07. The van der Waals surface area contributed by atoms with Crippen LogP contribution in [0, 0.1) is 5.92 Å². The molecule has 2 aromatic heterocycles. The number of anilines is 1. The minimum absolute atomic E-state index is 0.0848. The van der Waals surface area contributed by atoms with E-state index in [2.05, 4.69) is 15.7 Å². The van der Waals surface area contributed by atoms with E-state index in [1.165, 1.54) is 10.7 Å². The fraction of sp³-hybridized carbons (Fsp3) is 0.429. The highest BCUT2D eigenvalue weighted by molar-refractivity contribution is 6.00. The second kappa shape index (κ2) is 5.53. The fourth-order valence-corrected chi connectivity index (χ4v) is 2.59. The Labute approximate surface area is 125 Å². The van der Waals surface area contributed by atoms with Crippen LogP contribution >= 0.6 is 0 Å². The molecule has 2 aromatic rings. The van der Waals surface area contributed by atoms with Gasteiger partial charge in [0.15, 0.2) is 0 Å². The van der Waals surface area contributed by atoms with Gasteiger partial charge in [-0.05, 0) is 12.1 Å². The monoisotopic (exact) mass is 309 g/mol. The predicted octanol–water partition coefficient (Wildman–Crippen LogP) is 0.891. The first kappa shape index (κ1) is 14.7. The zero-order valence-electron chi connectivity index (χ0n) is 11.9. The van der Waals surface area contributed by atoms with Gasteiger partial charge in [-0.1, -0.05) is 0 Å². The molecule has 118 valence electrons. The Balaban J connectivity index is 1.72. The third-order valence-electron chi connectivity index (χ3n) is 3.92. The number of hydrogen-bond donors (Lipinski definition) is 3. The van der Waals surface area contributed by atoms with Crippen molar-refractivity contribution >= 4 is 17.1 Å². The Morgan fingerprint density at radius 3 is 3.18 bits per heavy atom. The summed E-state index contributed by atoms with van der Waals surface area (Å²) in [7, 11) is 0. The fourth-order valence-electron chi connectivity index (χ4n) is 2.59. The Morgan fingerprint density at radius 2 is 2.41 bits per heavy atom. The number of nitrogens with two attached hydrogens (primary N) is 1. The number of halogens is 2. The third kappa shape index (κ3) is 2.74. The van der Waals surface area contributed by atoms with Crippen LogP contribution in [-0.2, 0) is 0 Å². The van der Waals surface area contributed by atoms with Crippen molar-refractivity contribution in [2.75, 3.05) is 25.4 Å². The average Bonchev–Trinajstić information content (AvgIpc) is 2.88. The zero-order valence-corrected chi connectivity index (χ0v) is 11.9. The number of hydrogen-bond acceptors (Lipinski definition) is 4. The Morgan fingerprint density at radius 1 is 1.59 bits per heavy atom. The van der Waals surface area contributed by atoms with E-state index in [9.17, 15) is 13.6 Å². The van der Waals surface area contributed by atoms with Gasteiger partial charge in [0.1, 0.15) is 0 Å². The number of amides is 1. The lowest BCUT2D eigenvalue weighted by Gasteiger charge is -2.31. The van der Waals surface area contributed by atoms with Gasteiger partial charge in [0.05, 0.1) is 23.2 Å². The molecule has 0 bridgehead atoms. The Bertz CT molecular complexity index is 700. The van der Waals surface area contributed by atoms with Crippen LogP contribution in [0.25, 0.3) is 5.52 Å². The summed E-state index contributed by atoms with van der Waals surface area (Å²) in [6.07, 6.45) is 2.84. The largest absolute Gasteiger partial charge is 0.399 e. The SMILES string of the molecule is Nc1ccn2ncc(C(=O)NCC3CNCCC3(F)F)c2c1. The van der Waals surface area contributed by atoms with Crippen LogP contribution in [0.5, 0.6) is 0 Å². The van der Waals surface area contributed by atoms with Gasteiger partial charge in [-0.3, -0.25) is 4.79 Å². The lowest BCUT2D eigenvalue weighted by molar-refractivity contribution is -0.0761. The smallest absolute Gasteiger partial charge is 0.255 e. The summed E-state index contributed by atoms with van der Waals surface area (Å²) in [4.78, 5) is 12.2. The van der Waals surface area contributed by atoms with Crippen LogP contribution in [0.4, 0.5) is 14.5 Å². The van der Waals surface area contributed by atoms with Crippen molar-refractivity contribution in [3.63, 3.8) is 0 Å². The van der Waals surface area contributed by atoms with E-state index in [0.29, 0.717) is 23.3 Å². The molecular formula is C14H17F2N5O. The molecule has 1 saturated heterocycles. The van der Waals surface area contributed by atoms with Crippen molar-refractivity contribution in [3.05, 3.63) is 30.1 Å². The number of fused-ring (bicyclic) bond motifs is 1. The van der Waals surface area contributed by atoms with Crippen LogP contribution < -0.4 is 16.4 Å². The summed E-state index contributed by atoms with van der Waals surface area (Å²) >= 11 is 0. The molecule has 3 rings (SSSR count). The van der Waals surface area contributed by atoms with Gasteiger partial charge < -0.3 is 16.4 Å². The number of piperidine rings is 1. The Hall–Kier alpha value is -2.22. The maximum Gasteiger partial charge on any atom is 0.255 e. The number of rotatable bonds is 3. The molecule has 3 heterocycles. The molecule has 0 aliphatic carbocycles. The number of alkyl halides is 2. The van der Waals surface area contributed by atoms with Gasteiger partial charge in [0.2, 0.25) is 0 Å². The van der Waals surface area contributed by atoms with Crippen molar-refractivity contribution in [1.29, 1.82) is 0 Å². The van der Waals surface area contributed by atoms with Crippen molar-refractivity contribution in [1.82, 2.24) is 20.2 Å². The molecule has 4 N–H and O–H groups in total. The van der Waals surface area contributed by atoms with E-state index in [4.69, 9.17) is 5.73 Å². The number of nitrogens with zero attached hydrogens (tertiary/aromatic N) is 2. The maximum atomic E-state index is 13.7. The zero-order chi connectivity index (χ0) is 15.7. The number of nitrogen functional groups attached to an aromatic ring is 1. The first-order valence-electron chi connectivity index (χ1n) is 7.07. The van der Waals surface area contributed by atoms with Crippen LogP contribution in [0.3, 0.4) is 0 Å². The molecule has 0 spiro atoms. The highest BCUT2D eigenvalue weighted by Gasteiger charge is 2.41. The normalized spacial score (nSPS) is 20.9. The summed E-state index contributed by atoms with van der Waals surface area (Å²) in [6, 6.07) is 3.29. The summed E-state index contributed by atoms with van der Waals surface area (Å²) < 4.78 is 29.0. The number of aromatic nitrogens is 2. The van der Waals surface area contributed by atoms with Gasteiger partial charge in [-0.25, -0.2) is 13.3 Å². The van der Waals surface area contributed by atoms with E-state index in [-0.39, 0.29) is 19.5 Å². The first-order valence-corrected chi connectivity index (χ1v) is 7.07. The third-order valence-corrected chi connectivity index (χ3v) is 3.92. The molecular weight excluding hydrogens is 292 g/mol. The second-order valence-corrected chi connectivity index (χ2v) is 5.47. The summed E-state index contributed by atoms with van der Waals surface area (Å²) in [5.74, 6) is -4.09. The van der Waals surface area contributed by atoms with Gasteiger partial charge in [-0.2, -0.15) is 5.10 Å². The molecule has 1 atom stereocenters. The summed E-state index contributed by atoms with van der Waals surface area (Å²) in [6.45, 7) is 0.401. The molecule has 1 amide bonds. The molecule has 0 saturated carbocycles. The minimum Gasteiger partial charge on any atom is -0.399 e. The minimum atomic E-state index is -2.76. The Kier molecular flexibility index (Phi) is 3.69. The van der Waals surface area contributed by atoms with Crippen LogP contribution in [-0.4, -0.2) is 41.1 Å². The molecule has 0 aromatic carbocycles. The highest BCUT2D eigenvalue weighted by Crippen LogP contribution is 2.30. The van der Waals surface area contributed by atoms with Crippen molar-refractivity contribution in [3.8, 4) is 0 Å². The molecule has 22 heavy (non-hydrogen) atoms. The quantitative estimate of drug-likeness (QED) is 0.786. The number of carbonyl (C=O) groups is 1. The molecule has 6 nitrogen and oxygen atoms in total. The molecule has 0 radical (unpaired) electrons. The van der Waals surface area contributed by atoms with Crippen molar-refractivity contribution in [2.45, 2.75) is 12.3 Å². The summed E-state index contributed by atoms with van der Waals surface area (Å²) in [5, 5.41) is 9.53. The van der Waals surface area contributed by atoms with E-state index in [0.717, 1.165) is 0 Å². The lowest BCUT2D eigenvalue weighted by Crippen LogP contribution is -2.49.